The van der Waals surface area contributed by atoms with Gasteiger partial charge in [-0.15, -0.1) is 0 Å². The highest BCUT2D eigenvalue weighted by Gasteiger charge is 2.43. The smallest absolute Gasteiger partial charge is 0.319 e. The largest absolute Gasteiger partial charge is 0.468 e. The van der Waals surface area contributed by atoms with Crippen LogP contribution in [0.15, 0.2) is 34.9 Å². The first-order valence-corrected chi connectivity index (χ1v) is 8.21. The number of carbonyl (C=O) groups is 2. The van der Waals surface area contributed by atoms with Crippen LogP contribution in [0.5, 0.6) is 0 Å². The molecule has 1 aliphatic heterocycles. The Balaban J connectivity index is 2.56. The van der Waals surface area contributed by atoms with E-state index in [0.717, 1.165) is 5.57 Å². The number of methoxy groups -OCH3 is 1. The summed E-state index contributed by atoms with van der Waals surface area (Å²) in [5.41, 5.74) is 1.47. The molecule has 7 heteroatoms. The summed E-state index contributed by atoms with van der Waals surface area (Å²) in [7, 11) is 1.25. The SMILES string of the molecule is COC(=O)[C@H]1C(=O)NC(SCC#N)=C(C)[C@H]1c1ccccc1Cl. The Bertz CT molecular complexity index is 712. The molecule has 2 atom stereocenters. The van der Waals surface area contributed by atoms with Crippen LogP contribution < -0.4 is 5.32 Å². The maximum Gasteiger partial charge on any atom is 0.319 e. The normalized spacial score (nSPS) is 20.7. The van der Waals surface area contributed by atoms with Crippen molar-refractivity contribution in [1.82, 2.24) is 5.32 Å². The Morgan fingerprint density at radius 3 is 2.78 bits per heavy atom. The molecule has 1 heterocycles. The van der Waals surface area contributed by atoms with E-state index < -0.39 is 23.7 Å². The lowest BCUT2D eigenvalue weighted by Gasteiger charge is -2.32. The first-order valence-electron chi connectivity index (χ1n) is 6.84. The number of allylic oxidation sites excluding steroid dienone is 1. The second-order valence-electron chi connectivity index (χ2n) is 4.95. The monoisotopic (exact) mass is 350 g/mol. The molecule has 0 spiro atoms. The van der Waals surface area contributed by atoms with E-state index in [0.29, 0.717) is 15.6 Å². The van der Waals surface area contributed by atoms with E-state index in [4.69, 9.17) is 21.6 Å². The zero-order chi connectivity index (χ0) is 17.0. The minimum Gasteiger partial charge on any atom is -0.468 e. The third-order valence-electron chi connectivity index (χ3n) is 3.65. The Kier molecular flexibility index (Phi) is 5.69. The molecule has 0 saturated carbocycles. The molecular formula is C16H15ClN2O3S. The van der Waals surface area contributed by atoms with Crippen molar-refractivity contribution in [3.63, 3.8) is 0 Å². The van der Waals surface area contributed by atoms with Gasteiger partial charge >= 0.3 is 5.97 Å². The topological polar surface area (TPSA) is 79.2 Å². The molecule has 120 valence electrons. The van der Waals surface area contributed by atoms with Gasteiger partial charge in [-0.25, -0.2) is 0 Å². The Labute approximate surface area is 143 Å². The first kappa shape index (κ1) is 17.4. The molecule has 0 radical (unpaired) electrons. The van der Waals surface area contributed by atoms with Crippen LogP contribution in [-0.2, 0) is 14.3 Å². The fourth-order valence-corrected chi connectivity index (χ4v) is 3.58. The second-order valence-corrected chi connectivity index (χ2v) is 6.34. The van der Waals surface area contributed by atoms with Gasteiger partial charge in [0.05, 0.1) is 24.0 Å². The summed E-state index contributed by atoms with van der Waals surface area (Å²) in [5, 5.41) is 12.5. The van der Waals surface area contributed by atoms with Crippen molar-refractivity contribution in [2.24, 2.45) is 5.92 Å². The molecule has 23 heavy (non-hydrogen) atoms. The number of halogens is 1. The predicted octanol–water partition coefficient (Wildman–Crippen LogP) is 2.83. The molecule has 0 aliphatic carbocycles. The maximum absolute atomic E-state index is 12.4. The van der Waals surface area contributed by atoms with Gasteiger partial charge < -0.3 is 10.1 Å². The molecule has 1 aromatic rings. The van der Waals surface area contributed by atoms with Crippen LogP contribution in [0.2, 0.25) is 5.02 Å². The third kappa shape index (κ3) is 3.52. The van der Waals surface area contributed by atoms with Crippen LogP contribution in [0.25, 0.3) is 0 Å². The number of nitrogens with zero attached hydrogens (tertiary/aromatic N) is 1. The minimum atomic E-state index is -1.01. The number of nitrogens with one attached hydrogen (secondary N) is 1. The highest BCUT2D eigenvalue weighted by atomic mass is 35.5. The average Bonchev–Trinajstić information content (AvgIpc) is 2.55. The number of amides is 1. The summed E-state index contributed by atoms with van der Waals surface area (Å²) in [6, 6.07) is 9.11. The van der Waals surface area contributed by atoms with Crippen LogP contribution in [0, 0.1) is 17.2 Å². The summed E-state index contributed by atoms with van der Waals surface area (Å²) in [5.74, 6) is -2.40. The summed E-state index contributed by atoms with van der Waals surface area (Å²) in [4.78, 5) is 24.6. The predicted molar refractivity (Wildman–Crippen MR) is 88.6 cm³/mol. The lowest BCUT2D eigenvalue weighted by Crippen LogP contribution is -2.43. The van der Waals surface area contributed by atoms with E-state index in [-0.39, 0.29) is 5.75 Å². The van der Waals surface area contributed by atoms with Crippen LogP contribution in [0.1, 0.15) is 18.4 Å². The molecule has 0 unspecified atom stereocenters. The van der Waals surface area contributed by atoms with Crippen molar-refractivity contribution < 1.29 is 14.3 Å². The highest BCUT2D eigenvalue weighted by Crippen LogP contribution is 2.42. The lowest BCUT2D eigenvalue weighted by molar-refractivity contribution is -0.150. The standard InChI is InChI=1S/C16H15ClN2O3S/c1-9-12(10-5-3-4-6-11(10)17)13(16(21)22-2)14(20)19-15(9)23-8-7-18/h3-6,12-13H,8H2,1-2H3,(H,19,20)/t12-,13+/m0/s1. The highest BCUT2D eigenvalue weighted by molar-refractivity contribution is 8.03. The molecule has 0 fully saturated rings. The molecule has 1 N–H and O–H groups in total. The molecule has 0 bridgehead atoms. The summed E-state index contributed by atoms with van der Waals surface area (Å²) in [6.07, 6.45) is 0. The van der Waals surface area contributed by atoms with E-state index in [1.807, 2.05) is 13.0 Å². The maximum atomic E-state index is 12.4. The van der Waals surface area contributed by atoms with Crippen molar-refractivity contribution in [1.29, 1.82) is 5.26 Å². The van der Waals surface area contributed by atoms with Crippen LogP contribution in [0.4, 0.5) is 0 Å². The number of carbonyl (C=O) groups excluding carboxylic acids is 2. The Hall–Kier alpha value is -1.97. The molecule has 1 aromatic carbocycles. The van der Waals surface area contributed by atoms with Crippen molar-refractivity contribution in [3.05, 3.63) is 45.5 Å². The van der Waals surface area contributed by atoms with Gasteiger partial charge in [-0.1, -0.05) is 41.6 Å². The van der Waals surface area contributed by atoms with Crippen molar-refractivity contribution in [2.45, 2.75) is 12.8 Å². The van der Waals surface area contributed by atoms with Gasteiger partial charge in [0.25, 0.3) is 0 Å². The van der Waals surface area contributed by atoms with Gasteiger partial charge in [0.2, 0.25) is 5.91 Å². The molecule has 1 aliphatic rings. The number of ether oxygens (including phenoxy) is 1. The number of esters is 1. The van der Waals surface area contributed by atoms with Crippen LogP contribution in [0.3, 0.4) is 0 Å². The van der Waals surface area contributed by atoms with E-state index in [1.165, 1.54) is 18.9 Å². The zero-order valence-electron chi connectivity index (χ0n) is 12.6. The fourth-order valence-electron chi connectivity index (χ4n) is 2.60. The Morgan fingerprint density at radius 2 is 2.17 bits per heavy atom. The molecule has 0 saturated heterocycles. The zero-order valence-corrected chi connectivity index (χ0v) is 14.2. The quantitative estimate of drug-likeness (QED) is 0.667. The summed E-state index contributed by atoms with van der Waals surface area (Å²) < 4.78 is 4.79. The van der Waals surface area contributed by atoms with Gasteiger partial charge in [-0.05, 0) is 24.1 Å². The Morgan fingerprint density at radius 1 is 1.48 bits per heavy atom. The van der Waals surface area contributed by atoms with Crippen LogP contribution in [-0.4, -0.2) is 24.7 Å². The molecular weight excluding hydrogens is 336 g/mol. The number of hydrogen-bond donors (Lipinski definition) is 1. The van der Waals surface area contributed by atoms with Crippen LogP contribution >= 0.6 is 23.4 Å². The minimum absolute atomic E-state index is 0.199. The van der Waals surface area contributed by atoms with Crippen molar-refractivity contribution in [3.8, 4) is 6.07 Å². The number of benzene rings is 1. The molecule has 1 amide bonds. The van der Waals surface area contributed by atoms with Crippen molar-refractivity contribution >= 4 is 35.2 Å². The number of thioether (sulfide) groups is 1. The summed E-state index contributed by atoms with van der Waals surface area (Å²) >= 11 is 7.50. The van der Waals surface area contributed by atoms with E-state index in [2.05, 4.69) is 5.32 Å². The molecule has 5 nitrogen and oxygen atoms in total. The number of nitriles is 1. The number of rotatable bonds is 4. The molecule has 0 aromatic heterocycles. The van der Waals surface area contributed by atoms with Gasteiger partial charge in [0.15, 0.2) is 0 Å². The molecule has 2 rings (SSSR count). The van der Waals surface area contributed by atoms with Crippen molar-refractivity contribution in [2.75, 3.05) is 12.9 Å². The summed E-state index contributed by atoms with van der Waals surface area (Å²) in [6.45, 7) is 1.82. The van der Waals surface area contributed by atoms with Gasteiger partial charge in [0, 0.05) is 10.9 Å². The average molecular weight is 351 g/mol. The van der Waals surface area contributed by atoms with Gasteiger partial charge in [-0.3, -0.25) is 9.59 Å². The van der Waals surface area contributed by atoms with Gasteiger partial charge in [0.1, 0.15) is 5.92 Å². The lowest BCUT2D eigenvalue weighted by atomic mass is 9.79. The van der Waals surface area contributed by atoms with Gasteiger partial charge in [-0.2, -0.15) is 5.26 Å². The number of hydrogen-bond acceptors (Lipinski definition) is 5. The van der Waals surface area contributed by atoms with E-state index >= 15 is 0 Å². The van der Waals surface area contributed by atoms with E-state index in [1.54, 1.807) is 24.3 Å². The first-order chi connectivity index (χ1) is 11.0. The fraction of sp³-hybridized carbons (Fsp3) is 0.312. The third-order valence-corrected chi connectivity index (χ3v) is 4.98. The second kappa shape index (κ2) is 7.53. The van der Waals surface area contributed by atoms with E-state index in [9.17, 15) is 9.59 Å².